The number of rotatable bonds is 10. The van der Waals surface area contributed by atoms with Crippen LogP contribution in [0.2, 0.25) is 0 Å². The molecule has 0 fully saturated rings. The maximum absolute atomic E-state index is 13.8. The van der Waals surface area contributed by atoms with Crippen LogP contribution in [0.3, 0.4) is 0 Å². The topological polar surface area (TPSA) is 125 Å². The van der Waals surface area contributed by atoms with Crippen molar-refractivity contribution >= 4 is 39.1 Å². The number of nitrogens with zero attached hydrogens (tertiary/aromatic N) is 3. The zero-order valence-electron chi connectivity index (χ0n) is 23.5. The fourth-order valence-electron chi connectivity index (χ4n) is 4.73. The standard InChI is InChI=1S/C30H28F3N5O4S/c1-4-6-17-7-9-18(10-8-17)41-15-19-11-12-22(42-19)28(40)37-25-24-20(21-14-35-38(5-2)16(21)3)13-23(30(31,32)33)36-29(24)43-26(25)27(34)39/h7-14H,4-6,15H2,1-3H3,(H2,34,39)(H,37,40). The van der Waals surface area contributed by atoms with Gasteiger partial charge in [-0.15, -0.1) is 11.3 Å². The number of hydrogen-bond acceptors (Lipinski definition) is 7. The van der Waals surface area contributed by atoms with Gasteiger partial charge in [-0.3, -0.25) is 14.3 Å². The number of primary amides is 1. The number of pyridine rings is 1. The normalized spacial score (nSPS) is 11.7. The van der Waals surface area contributed by atoms with E-state index in [2.05, 4.69) is 22.3 Å². The van der Waals surface area contributed by atoms with Gasteiger partial charge in [-0.1, -0.05) is 25.5 Å². The van der Waals surface area contributed by atoms with Crippen LogP contribution < -0.4 is 15.8 Å². The summed E-state index contributed by atoms with van der Waals surface area (Å²) in [5.41, 5.74) is 6.69. The first-order valence-electron chi connectivity index (χ1n) is 13.5. The SMILES string of the molecule is CCCc1ccc(OCc2ccc(C(=O)Nc3c(C(N)=O)sc4nc(C(F)(F)F)cc(-c5cnn(CC)c5C)c34)o2)cc1. The predicted molar refractivity (Wildman–Crippen MR) is 156 cm³/mol. The summed E-state index contributed by atoms with van der Waals surface area (Å²) in [4.78, 5) is 29.2. The van der Waals surface area contributed by atoms with Crippen LogP contribution in [0, 0.1) is 6.92 Å². The molecule has 5 aromatic rings. The van der Waals surface area contributed by atoms with Gasteiger partial charge in [-0.25, -0.2) is 4.98 Å². The third-order valence-corrected chi connectivity index (χ3v) is 7.93. The molecule has 0 unspecified atom stereocenters. The molecule has 0 saturated heterocycles. The van der Waals surface area contributed by atoms with Gasteiger partial charge >= 0.3 is 6.18 Å². The van der Waals surface area contributed by atoms with Crippen molar-refractivity contribution in [1.82, 2.24) is 14.8 Å². The lowest BCUT2D eigenvalue weighted by Gasteiger charge is -2.12. The second-order valence-corrected chi connectivity index (χ2v) is 10.8. The number of aryl methyl sites for hydroxylation is 2. The molecular formula is C30H28F3N5O4S. The Morgan fingerprint density at radius 1 is 1.12 bits per heavy atom. The number of thiophene rings is 1. The molecule has 4 aromatic heterocycles. The van der Waals surface area contributed by atoms with Crippen LogP contribution in [0.25, 0.3) is 21.3 Å². The molecule has 0 saturated carbocycles. The highest BCUT2D eigenvalue weighted by atomic mass is 32.1. The van der Waals surface area contributed by atoms with Crippen LogP contribution >= 0.6 is 11.3 Å². The Hall–Kier alpha value is -4.65. The molecule has 9 nitrogen and oxygen atoms in total. The summed E-state index contributed by atoms with van der Waals surface area (Å²) in [5, 5.41) is 7.03. The smallest absolute Gasteiger partial charge is 0.433 e. The number of halogens is 3. The zero-order chi connectivity index (χ0) is 30.9. The summed E-state index contributed by atoms with van der Waals surface area (Å²) in [6.07, 6.45) is -1.31. The quantitative estimate of drug-likeness (QED) is 0.176. The number of ether oxygens (including phenoxy) is 1. The Kier molecular flexibility index (Phi) is 8.27. The van der Waals surface area contributed by atoms with Crippen LogP contribution in [-0.2, 0) is 25.7 Å². The highest BCUT2D eigenvalue weighted by Crippen LogP contribution is 2.44. The minimum Gasteiger partial charge on any atom is -0.486 e. The van der Waals surface area contributed by atoms with E-state index in [1.807, 2.05) is 31.2 Å². The summed E-state index contributed by atoms with van der Waals surface area (Å²) in [5.74, 6) is -0.754. The molecule has 13 heteroatoms. The second-order valence-electron chi connectivity index (χ2n) is 9.77. The van der Waals surface area contributed by atoms with E-state index in [-0.39, 0.29) is 38.7 Å². The molecular weight excluding hydrogens is 583 g/mol. The van der Waals surface area contributed by atoms with Crippen molar-refractivity contribution in [2.24, 2.45) is 5.73 Å². The number of carbonyl (C=O) groups excluding carboxylic acids is 2. The van der Waals surface area contributed by atoms with Crippen molar-refractivity contribution < 1.29 is 31.9 Å². The van der Waals surface area contributed by atoms with E-state index in [4.69, 9.17) is 14.9 Å². The minimum absolute atomic E-state index is 0.0567. The molecule has 1 aromatic carbocycles. The molecule has 43 heavy (non-hydrogen) atoms. The van der Waals surface area contributed by atoms with Gasteiger partial charge in [-0.2, -0.15) is 18.3 Å². The van der Waals surface area contributed by atoms with Crippen molar-refractivity contribution in [3.05, 3.63) is 82.0 Å². The van der Waals surface area contributed by atoms with Crippen LogP contribution in [-0.4, -0.2) is 26.6 Å². The number of nitrogens with two attached hydrogens (primary N) is 1. The number of nitrogens with one attached hydrogen (secondary N) is 1. The third kappa shape index (κ3) is 6.12. The number of alkyl halides is 3. The summed E-state index contributed by atoms with van der Waals surface area (Å²) in [6, 6.07) is 11.6. The lowest BCUT2D eigenvalue weighted by atomic mass is 10.0. The van der Waals surface area contributed by atoms with Gasteiger partial charge in [0.25, 0.3) is 11.8 Å². The summed E-state index contributed by atoms with van der Waals surface area (Å²) in [7, 11) is 0. The summed E-state index contributed by atoms with van der Waals surface area (Å²) >= 11 is 0.663. The van der Waals surface area contributed by atoms with E-state index in [1.54, 1.807) is 17.7 Å². The Morgan fingerprint density at radius 3 is 2.49 bits per heavy atom. The largest absolute Gasteiger partial charge is 0.486 e. The maximum Gasteiger partial charge on any atom is 0.433 e. The first-order chi connectivity index (χ1) is 20.5. The van der Waals surface area contributed by atoms with Gasteiger partial charge in [0.05, 0.1) is 11.9 Å². The van der Waals surface area contributed by atoms with Crippen LogP contribution in [0.4, 0.5) is 18.9 Å². The van der Waals surface area contributed by atoms with E-state index in [1.165, 1.54) is 17.8 Å². The Labute approximate surface area is 248 Å². The Bertz CT molecular complexity index is 1800. The molecule has 0 spiro atoms. The number of fused-ring (bicyclic) bond motifs is 1. The van der Waals surface area contributed by atoms with Crippen LogP contribution in [0.1, 0.15) is 63.2 Å². The first kappa shape index (κ1) is 29.8. The number of benzene rings is 1. The number of furan rings is 1. The first-order valence-corrected chi connectivity index (χ1v) is 14.3. The zero-order valence-corrected chi connectivity index (χ0v) is 24.4. The predicted octanol–water partition coefficient (Wildman–Crippen LogP) is 6.98. The molecule has 5 rings (SSSR count). The van der Waals surface area contributed by atoms with E-state index in [0.717, 1.165) is 18.9 Å². The van der Waals surface area contributed by atoms with Gasteiger partial charge in [0.1, 0.15) is 33.5 Å². The van der Waals surface area contributed by atoms with Crippen molar-refractivity contribution in [3.63, 3.8) is 0 Å². The molecule has 0 radical (unpaired) electrons. The Balaban J connectivity index is 1.48. The highest BCUT2D eigenvalue weighted by Gasteiger charge is 2.35. The van der Waals surface area contributed by atoms with E-state index in [9.17, 15) is 22.8 Å². The number of aromatic nitrogens is 3. The fraction of sp³-hybridized carbons (Fsp3) is 0.267. The van der Waals surface area contributed by atoms with Gasteiger partial charge < -0.3 is 20.2 Å². The summed E-state index contributed by atoms with van der Waals surface area (Å²) < 4.78 is 54.6. The molecule has 0 aliphatic carbocycles. The molecule has 0 aliphatic heterocycles. The van der Waals surface area contributed by atoms with E-state index >= 15 is 0 Å². The highest BCUT2D eigenvalue weighted by molar-refractivity contribution is 7.21. The second kappa shape index (κ2) is 11.9. The average Bonchev–Trinajstić information content (AvgIpc) is 3.69. The van der Waals surface area contributed by atoms with Gasteiger partial charge in [-0.05, 0) is 61.7 Å². The van der Waals surface area contributed by atoms with E-state index in [0.29, 0.717) is 40.6 Å². The lowest BCUT2D eigenvalue weighted by molar-refractivity contribution is -0.140. The minimum atomic E-state index is -4.76. The molecule has 4 heterocycles. The van der Waals surface area contributed by atoms with Gasteiger partial charge in [0, 0.05) is 23.2 Å². The summed E-state index contributed by atoms with van der Waals surface area (Å²) in [6.45, 7) is 6.22. The molecule has 3 N–H and O–H groups in total. The van der Waals surface area contributed by atoms with Gasteiger partial charge in [0.15, 0.2) is 5.76 Å². The monoisotopic (exact) mass is 611 g/mol. The number of anilines is 1. The van der Waals surface area contributed by atoms with Crippen molar-refractivity contribution in [2.75, 3.05) is 5.32 Å². The molecule has 0 atom stereocenters. The molecule has 0 aliphatic rings. The number of hydrogen-bond donors (Lipinski definition) is 2. The van der Waals surface area contributed by atoms with Crippen molar-refractivity contribution in [2.45, 2.75) is 52.9 Å². The molecule has 2 amide bonds. The van der Waals surface area contributed by atoms with E-state index < -0.39 is 23.7 Å². The fourth-order valence-corrected chi connectivity index (χ4v) is 5.73. The van der Waals surface area contributed by atoms with Crippen LogP contribution in [0.5, 0.6) is 5.75 Å². The molecule has 0 bridgehead atoms. The molecule has 224 valence electrons. The lowest BCUT2D eigenvalue weighted by Crippen LogP contribution is -2.16. The maximum atomic E-state index is 13.8. The number of amides is 2. The van der Waals surface area contributed by atoms with Crippen molar-refractivity contribution in [1.29, 1.82) is 0 Å². The number of carbonyl (C=O) groups is 2. The van der Waals surface area contributed by atoms with Crippen LogP contribution in [0.15, 0.2) is 53.1 Å². The Morgan fingerprint density at radius 2 is 1.86 bits per heavy atom. The average molecular weight is 612 g/mol. The third-order valence-electron chi connectivity index (χ3n) is 6.84. The van der Waals surface area contributed by atoms with Crippen molar-refractivity contribution in [3.8, 4) is 16.9 Å². The van der Waals surface area contributed by atoms with Gasteiger partial charge in [0.2, 0.25) is 0 Å².